The van der Waals surface area contributed by atoms with Crippen molar-refractivity contribution in [2.75, 3.05) is 5.32 Å². The number of rotatable bonds is 2. The highest BCUT2D eigenvalue weighted by atomic mass is 79.9. The van der Waals surface area contributed by atoms with Crippen LogP contribution < -0.4 is 11.1 Å². The molecule has 2 rings (SSSR count). The van der Waals surface area contributed by atoms with Crippen molar-refractivity contribution in [1.29, 1.82) is 0 Å². The first-order valence-electron chi connectivity index (χ1n) is 4.88. The molecule has 3 nitrogen and oxygen atoms in total. The summed E-state index contributed by atoms with van der Waals surface area (Å²) in [6.07, 6.45) is 1.57. The molecule has 0 aromatic heterocycles. The second kappa shape index (κ2) is 4.73. The molecule has 16 heavy (non-hydrogen) atoms. The third-order valence-electron chi connectivity index (χ3n) is 2.66. The van der Waals surface area contributed by atoms with E-state index in [-0.39, 0.29) is 18.3 Å². The summed E-state index contributed by atoms with van der Waals surface area (Å²) >= 11 is 3.41. The molecule has 88 valence electrons. The summed E-state index contributed by atoms with van der Waals surface area (Å²) in [5.41, 5.74) is 7.07. The van der Waals surface area contributed by atoms with Crippen molar-refractivity contribution in [1.82, 2.24) is 0 Å². The standard InChI is InChI=1S/C11H13BrN2O.ClH/c1-7-6-8(2-3-9(7)12)14-10(15)11(13)4-5-11;/h2-3,6H,4-5,13H2,1H3,(H,14,15);1H. The molecule has 3 N–H and O–H groups in total. The van der Waals surface area contributed by atoms with Crippen molar-refractivity contribution in [3.63, 3.8) is 0 Å². The highest BCUT2D eigenvalue weighted by molar-refractivity contribution is 9.10. The third-order valence-corrected chi connectivity index (χ3v) is 3.55. The van der Waals surface area contributed by atoms with Gasteiger partial charge < -0.3 is 11.1 Å². The normalized spacial score (nSPS) is 16.2. The van der Waals surface area contributed by atoms with E-state index in [0.29, 0.717) is 0 Å². The second-order valence-electron chi connectivity index (χ2n) is 4.07. The van der Waals surface area contributed by atoms with Gasteiger partial charge in [0, 0.05) is 10.2 Å². The smallest absolute Gasteiger partial charge is 0.244 e. The molecular weight excluding hydrogens is 291 g/mol. The average molecular weight is 306 g/mol. The van der Waals surface area contributed by atoms with Crippen molar-refractivity contribution < 1.29 is 4.79 Å². The van der Waals surface area contributed by atoms with Crippen LogP contribution in [0.15, 0.2) is 22.7 Å². The fourth-order valence-corrected chi connectivity index (χ4v) is 1.59. The molecule has 1 aromatic carbocycles. The molecule has 1 amide bonds. The first-order chi connectivity index (χ1) is 7.01. The Labute approximate surface area is 109 Å². The zero-order valence-electron chi connectivity index (χ0n) is 8.92. The minimum atomic E-state index is -0.610. The summed E-state index contributed by atoms with van der Waals surface area (Å²) in [6.45, 7) is 1.98. The van der Waals surface area contributed by atoms with E-state index in [2.05, 4.69) is 21.2 Å². The Morgan fingerprint density at radius 3 is 2.62 bits per heavy atom. The first-order valence-corrected chi connectivity index (χ1v) is 5.67. The maximum Gasteiger partial charge on any atom is 0.244 e. The lowest BCUT2D eigenvalue weighted by Crippen LogP contribution is -2.37. The van der Waals surface area contributed by atoms with Crippen LogP contribution in [0.25, 0.3) is 0 Å². The number of benzene rings is 1. The number of anilines is 1. The van der Waals surface area contributed by atoms with Crippen LogP contribution in [0.1, 0.15) is 18.4 Å². The van der Waals surface area contributed by atoms with Gasteiger partial charge in [-0.05, 0) is 43.5 Å². The van der Waals surface area contributed by atoms with Gasteiger partial charge in [-0.25, -0.2) is 0 Å². The molecule has 0 atom stereocenters. The molecule has 0 bridgehead atoms. The van der Waals surface area contributed by atoms with Crippen molar-refractivity contribution >= 4 is 39.9 Å². The fourth-order valence-electron chi connectivity index (χ4n) is 1.34. The van der Waals surface area contributed by atoms with Gasteiger partial charge in [0.2, 0.25) is 5.91 Å². The van der Waals surface area contributed by atoms with Gasteiger partial charge in [-0.2, -0.15) is 0 Å². The maximum atomic E-state index is 11.6. The van der Waals surface area contributed by atoms with Gasteiger partial charge in [-0.15, -0.1) is 12.4 Å². The lowest BCUT2D eigenvalue weighted by Gasteiger charge is -2.10. The molecule has 0 unspecified atom stereocenters. The minimum absolute atomic E-state index is 0. The summed E-state index contributed by atoms with van der Waals surface area (Å²) in [4.78, 5) is 11.6. The SMILES string of the molecule is Cc1cc(NC(=O)C2(N)CC2)ccc1Br.Cl. The Hall–Kier alpha value is -0.580. The number of hydrogen-bond donors (Lipinski definition) is 2. The molecule has 1 aliphatic rings. The molecule has 0 spiro atoms. The number of carbonyl (C=O) groups excluding carboxylic acids is 1. The summed E-state index contributed by atoms with van der Waals surface area (Å²) in [6, 6.07) is 5.70. The van der Waals surface area contributed by atoms with Crippen LogP contribution in [0.4, 0.5) is 5.69 Å². The topological polar surface area (TPSA) is 55.1 Å². The lowest BCUT2D eigenvalue weighted by atomic mass is 10.2. The number of nitrogens with one attached hydrogen (secondary N) is 1. The second-order valence-corrected chi connectivity index (χ2v) is 4.93. The Balaban J connectivity index is 0.00000128. The predicted octanol–water partition coefficient (Wildman–Crippen LogP) is 2.61. The van der Waals surface area contributed by atoms with Crippen molar-refractivity contribution in [3.8, 4) is 0 Å². The fraction of sp³-hybridized carbons (Fsp3) is 0.364. The molecule has 1 fully saturated rings. The Morgan fingerprint density at radius 2 is 2.12 bits per heavy atom. The zero-order valence-corrected chi connectivity index (χ0v) is 11.3. The molecular formula is C11H14BrClN2O. The summed E-state index contributed by atoms with van der Waals surface area (Å²) in [7, 11) is 0. The van der Waals surface area contributed by atoms with Gasteiger partial charge in [0.25, 0.3) is 0 Å². The van der Waals surface area contributed by atoms with Gasteiger partial charge in [0.1, 0.15) is 0 Å². The van der Waals surface area contributed by atoms with E-state index in [1.165, 1.54) is 0 Å². The highest BCUT2D eigenvalue weighted by Crippen LogP contribution is 2.33. The zero-order chi connectivity index (χ0) is 11.1. The van der Waals surface area contributed by atoms with Crippen LogP contribution in [-0.4, -0.2) is 11.4 Å². The maximum absolute atomic E-state index is 11.6. The quantitative estimate of drug-likeness (QED) is 0.882. The number of aryl methyl sites for hydroxylation is 1. The third kappa shape index (κ3) is 2.75. The number of amides is 1. The van der Waals surface area contributed by atoms with E-state index in [1.807, 2.05) is 25.1 Å². The minimum Gasteiger partial charge on any atom is -0.324 e. The molecule has 0 aliphatic heterocycles. The van der Waals surface area contributed by atoms with E-state index >= 15 is 0 Å². The molecule has 0 saturated heterocycles. The molecule has 1 saturated carbocycles. The molecule has 0 radical (unpaired) electrons. The van der Waals surface area contributed by atoms with Crippen LogP contribution in [0.5, 0.6) is 0 Å². The van der Waals surface area contributed by atoms with Crippen LogP contribution >= 0.6 is 28.3 Å². The summed E-state index contributed by atoms with van der Waals surface area (Å²) in [5.74, 6) is -0.0794. The van der Waals surface area contributed by atoms with Crippen LogP contribution in [0, 0.1) is 6.92 Å². The van der Waals surface area contributed by atoms with E-state index in [1.54, 1.807) is 0 Å². The van der Waals surface area contributed by atoms with Gasteiger partial charge in [0.15, 0.2) is 0 Å². The van der Waals surface area contributed by atoms with Gasteiger partial charge in [-0.3, -0.25) is 4.79 Å². The summed E-state index contributed by atoms with van der Waals surface area (Å²) in [5, 5.41) is 2.83. The number of nitrogens with two attached hydrogens (primary N) is 1. The predicted molar refractivity (Wildman–Crippen MR) is 70.9 cm³/mol. The largest absolute Gasteiger partial charge is 0.324 e. The molecule has 1 aromatic rings. The Morgan fingerprint density at radius 1 is 1.50 bits per heavy atom. The first kappa shape index (κ1) is 13.5. The monoisotopic (exact) mass is 304 g/mol. The van der Waals surface area contributed by atoms with Crippen molar-refractivity contribution in [3.05, 3.63) is 28.2 Å². The summed E-state index contributed by atoms with van der Waals surface area (Å²) < 4.78 is 1.04. The van der Waals surface area contributed by atoms with E-state index in [0.717, 1.165) is 28.6 Å². The van der Waals surface area contributed by atoms with E-state index in [4.69, 9.17) is 5.73 Å². The average Bonchev–Trinajstić information content (AvgIpc) is 2.92. The van der Waals surface area contributed by atoms with Crippen LogP contribution in [0.2, 0.25) is 0 Å². The number of halogens is 2. The van der Waals surface area contributed by atoms with Crippen molar-refractivity contribution in [2.45, 2.75) is 25.3 Å². The number of hydrogen-bond acceptors (Lipinski definition) is 2. The van der Waals surface area contributed by atoms with Gasteiger partial charge >= 0.3 is 0 Å². The Kier molecular flexibility index (Phi) is 3.99. The Bertz CT molecular complexity index is 418. The molecule has 5 heteroatoms. The van der Waals surface area contributed by atoms with E-state index in [9.17, 15) is 4.79 Å². The molecule has 0 heterocycles. The number of carbonyl (C=O) groups is 1. The van der Waals surface area contributed by atoms with Gasteiger partial charge in [-0.1, -0.05) is 15.9 Å². The lowest BCUT2D eigenvalue weighted by molar-refractivity contribution is -0.118. The van der Waals surface area contributed by atoms with Crippen molar-refractivity contribution in [2.24, 2.45) is 5.73 Å². The highest BCUT2D eigenvalue weighted by Gasteiger charge is 2.45. The van der Waals surface area contributed by atoms with Gasteiger partial charge in [0.05, 0.1) is 5.54 Å². The molecule has 1 aliphatic carbocycles. The van der Waals surface area contributed by atoms with Crippen LogP contribution in [0.3, 0.4) is 0 Å². The van der Waals surface area contributed by atoms with Crippen LogP contribution in [-0.2, 0) is 4.79 Å². The van der Waals surface area contributed by atoms with E-state index < -0.39 is 5.54 Å².